The first-order valence-corrected chi connectivity index (χ1v) is 8.00. The second kappa shape index (κ2) is 7.38. The maximum absolute atomic E-state index is 13.3. The van der Waals surface area contributed by atoms with Crippen LogP contribution in [0.3, 0.4) is 0 Å². The predicted octanol–water partition coefficient (Wildman–Crippen LogP) is 2.35. The van der Waals surface area contributed by atoms with Gasteiger partial charge in [0.15, 0.2) is 11.6 Å². The lowest BCUT2D eigenvalue weighted by Gasteiger charge is -2.22. The van der Waals surface area contributed by atoms with E-state index in [2.05, 4.69) is 4.98 Å². The molecule has 0 bridgehead atoms. The van der Waals surface area contributed by atoms with E-state index in [1.165, 1.54) is 6.07 Å². The Labute approximate surface area is 143 Å². The van der Waals surface area contributed by atoms with E-state index < -0.39 is 11.6 Å². The van der Waals surface area contributed by atoms with Gasteiger partial charge in [-0.3, -0.25) is 14.6 Å². The molecule has 2 amide bonds. The van der Waals surface area contributed by atoms with Crippen LogP contribution in [0, 0.1) is 11.6 Å². The summed E-state index contributed by atoms with van der Waals surface area (Å²) in [6.45, 7) is 1.71. The average molecular weight is 345 g/mol. The maximum atomic E-state index is 13.3. The van der Waals surface area contributed by atoms with Crippen molar-refractivity contribution in [2.75, 3.05) is 26.2 Å². The van der Waals surface area contributed by atoms with Crippen LogP contribution in [0.2, 0.25) is 0 Å². The van der Waals surface area contributed by atoms with E-state index in [-0.39, 0.29) is 17.4 Å². The fourth-order valence-corrected chi connectivity index (χ4v) is 2.81. The Kier molecular flexibility index (Phi) is 5.02. The molecule has 3 rings (SSSR count). The van der Waals surface area contributed by atoms with E-state index in [4.69, 9.17) is 0 Å². The summed E-state index contributed by atoms with van der Waals surface area (Å²) in [7, 11) is 0. The summed E-state index contributed by atoms with van der Waals surface area (Å²) in [5.74, 6) is -2.50. The number of nitrogens with zero attached hydrogens (tertiary/aromatic N) is 3. The molecule has 1 saturated heterocycles. The van der Waals surface area contributed by atoms with Crippen LogP contribution in [0.1, 0.15) is 27.1 Å². The van der Waals surface area contributed by atoms with Crippen molar-refractivity contribution < 1.29 is 18.4 Å². The van der Waals surface area contributed by atoms with Crippen LogP contribution >= 0.6 is 0 Å². The third-order valence-corrected chi connectivity index (χ3v) is 4.16. The maximum Gasteiger partial charge on any atom is 0.254 e. The molecule has 1 fully saturated rings. The third kappa shape index (κ3) is 3.81. The minimum atomic E-state index is -1.05. The van der Waals surface area contributed by atoms with Crippen molar-refractivity contribution in [2.24, 2.45) is 0 Å². The van der Waals surface area contributed by atoms with Crippen LogP contribution in [0.5, 0.6) is 0 Å². The van der Waals surface area contributed by atoms with Gasteiger partial charge in [-0.15, -0.1) is 0 Å². The molecule has 0 N–H and O–H groups in total. The lowest BCUT2D eigenvalue weighted by atomic mass is 10.2. The lowest BCUT2D eigenvalue weighted by molar-refractivity contribution is 0.0718. The average Bonchev–Trinajstić information content (AvgIpc) is 2.89. The van der Waals surface area contributed by atoms with E-state index >= 15 is 0 Å². The lowest BCUT2D eigenvalue weighted by Crippen LogP contribution is -2.37. The van der Waals surface area contributed by atoms with Crippen molar-refractivity contribution in [3.8, 4) is 0 Å². The zero-order valence-electron chi connectivity index (χ0n) is 13.5. The first-order valence-electron chi connectivity index (χ1n) is 8.00. The van der Waals surface area contributed by atoms with Gasteiger partial charge in [-0.25, -0.2) is 8.78 Å². The van der Waals surface area contributed by atoms with Crippen LogP contribution in [0.4, 0.5) is 8.78 Å². The quantitative estimate of drug-likeness (QED) is 0.840. The van der Waals surface area contributed by atoms with Gasteiger partial charge in [-0.1, -0.05) is 0 Å². The Balaban J connectivity index is 1.68. The largest absolute Gasteiger partial charge is 0.337 e. The number of pyridine rings is 1. The molecular formula is C18H17F2N3O2. The molecule has 1 aromatic heterocycles. The Morgan fingerprint density at radius 1 is 0.800 bits per heavy atom. The molecule has 0 saturated carbocycles. The number of halogens is 2. The number of amides is 2. The minimum absolute atomic E-state index is 0.104. The highest BCUT2D eigenvalue weighted by Crippen LogP contribution is 2.14. The molecule has 5 nitrogen and oxygen atoms in total. The second-order valence-electron chi connectivity index (χ2n) is 5.80. The van der Waals surface area contributed by atoms with Crippen molar-refractivity contribution in [3.63, 3.8) is 0 Å². The summed E-state index contributed by atoms with van der Waals surface area (Å²) in [5, 5.41) is 0. The van der Waals surface area contributed by atoms with Crippen molar-refractivity contribution in [1.29, 1.82) is 0 Å². The molecule has 0 aliphatic carbocycles. The standard InChI is InChI=1S/C18H17F2N3O2/c19-15-3-2-14(12-16(15)20)18(25)23-9-1-8-22(10-11-23)17(24)13-4-6-21-7-5-13/h2-7,12H,1,8-11H2. The van der Waals surface area contributed by atoms with Crippen molar-refractivity contribution >= 4 is 11.8 Å². The van der Waals surface area contributed by atoms with Gasteiger partial charge < -0.3 is 9.80 Å². The Bertz CT molecular complexity index is 783. The molecule has 130 valence electrons. The van der Waals surface area contributed by atoms with Gasteiger partial charge in [-0.2, -0.15) is 0 Å². The molecule has 0 atom stereocenters. The summed E-state index contributed by atoms with van der Waals surface area (Å²) in [4.78, 5) is 32.1. The smallest absolute Gasteiger partial charge is 0.254 e. The van der Waals surface area contributed by atoms with Crippen LogP contribution in [-0.2, 0) is 0 Å². The zero-order valence-corrected chi connectivity index (χ0v) is 13.5. The highest BCUT2D eigenvalue weighted by Gasteiger charge is 2.24. The Morgan fingerprint density at radius 2 is 1.40 bits per heavy atom. The highest BCUT2D eigenvalue weighted by molar-refractivity contribution is 5.95. The Hall–Kier alpha value is -2.83. The van der Waals surface area contributed by atoms with Crippen LogP contribution < -0.4 is 0 Å². The van der Waals surface area contributed by atoms with Gasteiger partial charge in [0.25, 0.3) is 11.8 Å². The summed E-state index contributed by atoms with van der Waals surface area (Å²) < 4.78 is 26.4. The van der Waals surface area contributed by atoms with Crippen LogP contribution in [0.25, 0.3) is 0 Å². The molecule has 1 aromatic carbocycles. The fourth-order valence-electron chi connectivity index (χ4n) is 2.81. The molecule has 1 aliphatic rings. The molecule has 0 unspecified atom stereocenters. The van der Waals surface area contributed by atoms with Crippen molar-refractivity contribution in [3.05, 3.63) is 65.5 Å². The van der Waals surface area contributed by atoms with Gasteiger partial charge in [0, 0.05) is 49.7 Å². The summed E-state index contributed by atoms with van der Waals surface area (Å²) in [6.07, 6.45) is 3.74. The predicted molar refractivity (Wildman–Crippen MR) is 87.0 cm³/mol. The molecule has 1 aliphatic heterocycles. The number of carbonyl (C=O) groups is 2. The number of aromatic nitrogens is 1. The topological polar surface area (TPSA) is 53.5 Å². The molecule has 0 spiro atoms. The van der Waals surface area contributed by atoms with Crippen LogP contribution in [0.15, 0.2) is 42.7 Å². The zero-order chi connectivity index (χ0) is 17.8. The molecule has 2 aromatic rings. The van der Waals surface area contributed by atoms with E-state index in [9.17, 15) is 18.4 Å². The number of hydrogen-bond donors (Lipinski definition) is 0. The number of carbonyl (C=O) groups excluding carboxylic acids is 2. The van der Waals surface area contributed by atoms with E-state index in [0.29, 0.717) is 38.2 Å². The van der Waals surface area contributed by atoms with Crippen molar-refractivity contribution in [1.82, 2.24) is 14.8 Å². The number of hydrogen-bond acceptors (Lipinski definition) is 3. The number of rotatable bonds is 2. The molecule has 25 heavy (non-hydrogen) atoms. The van der Waals surface area contributed by atoms with Gasteiger partial charge in [0.05, 0.1) is 0 Å². The van der Waals surface area contributed by atoms with Crippen LogP contribution in [-0.4, -0.2) is 52.8 Å². The van der Waals surface area contributed by atoms with Gasteiger partial charge in [-0.05, 0) is 36.8 Å². The monoisotopic (exact) mass is 345 g/mol. The SMILES string of the molecule is O=C(c1ccncc1)N1CCCN(C(=O)c2ccc(F)c(F)c2)CC1. The van der Waals surface area contributed by atoms with Crippen molar-refractivity contribution in [2.45, 2.75) is 6.42 Å². The van der Waals surface area contributed by atoms with E-state index in [0.717, 1.165) is 12.1 Å². The van der Waals surface area contributed by atoms with Gasteiger partial charge >= 0.3 is 0 Å². The van der Waals surface area contributed by atoms with Gasteiger partial charge in [0.1, 0.15) is 0 Å². The molecular weight excluding hydrogens is 328 g/mol. The minimum Gasteiger partial charge on any atom is -0.337 e. The number of benzene rings is 1. The van der Waals surface area contributed by atoms with Gasteiger partial charge in [0.2, 0.25) is 0 Å². The molecule has 0 radical (unpaired) electrons. The summed E-state index contributed by atoms with van der Waals surface area (Å²) >= 11 is 0. The fraction of sp³-hybridized carbons (Fsp3) is 0.278. The summed E-state index contributed by atoms with van der Waals surface area (Å²) in [6, 6.07) is 6.42. The third-order valence-electron chi connectivity index (χ3n) is 4.16. The first-order chi connectivity index (χ1) is 12.1. The molecule has 7 heteroatoms. The Morgan fingerprint density at radius 3 is 2.00 bits per heavy atom. The first kappa shape index (κ1) is 17.0. The molecule has 2 heterocycles. The second-order valence-corrected chi connectivity index (χ2v) is 5.80. The van der Waals surface area contributed by atoms with E-state index in [1.54, 1.807) is 34.3 Å². The highest BCUT2D eigenvalue weighted by atomic mass is 19.2. The van der Waals surface area contributed by atoms with E-state index in [1.807, 2.05) is 0 Å². The normalized spacial score (nSPS) is 15.0. The summed E-state index contributed by atoms with van der Waals surface area (Å²) in [5.41, 5.74) is 0.656.